The van der Waals surface area contributed by atoms with Gasteiger partial charge in [0.15, 0.2) is 0 Å². The molecule has 5 heteroatoms. The molecule has 19 heavy (non-hydrogen) atoms. The number of amides is 1. The second-order valence-corrected chi connectivity index (χ2v) is 4.53. The smallest absolute Gasteiger partial charge is 0.303 e. The van der Waals surface area contributed by atoms with Gasteiger partial charge in [0.1, 0.15) is 5.82 Å². The number of carboxylic acid groups (broad SMARTS) is 1. The van der Waals surface area contributed by atoms with Crippen molar-refractivity contribution < 1.29 is 19.1 Å². The molecule has 0 aromatic heterocycles. The summed E-state index contributed by atoms with van der Waals surface area (Å²) in [5, 5.41) is 11.3. The van der Waals surface area contributed by atoms with Crippen molar-refractivity contribution in [1.29, 1.82) is 0 Å². The zero-order valence-corrected chi connectivity index (χ0v) is 10.9. The number of benzene rings is 1. The van der Waals surface area contributed by atoms with E-state index >= 15 is 0 Å². The van der Waals surface area contributed by atoms with Crippen LogP contribution in [0.4, 0.5) is 4.39 Å². The molecule has 0 saturated carbocycles. The Bertz CT molecular complexity index is 431. The maximum Gasteiger partial charge on any atom is 0.303 e. The highest BCUT2D eigenvalue weighted by Gasteiger charge is 2.09. The standard InChI is InChI=1S/C14H18FNO3/c1-10(2-9-14(18)19)16-13(17)8-5-11-3-6-12(15)7-4-11/h3-4,6-7,10H,2,5,8-9H2,1H3,(H,16,17)(H,18,19). The van der Waals surface area contributed by atoms with E-state index in [2.05, 4.69) is 5.32 Å². The summed E-state index contributed by atoms with van der Waals surface area (Å²) < 4.78 is 12.7. The summed E-state index contributed by atoms with van der Waals surface area (Å²) in [5.41, 5.74) is 0.898. The summed E-state index contributed by atoms with van der Waals surface area (Å²) in [5.74, 6) is -1.29. The summed E-state index contributed by atoms with van der Waals surface area (Å²) in [6, 6.07) is 5.87. The average molecular weight is 267 g/mol. The Morgan fingerprint density at radius 2 is 1.89 bits per heavy atom. The van der Waals surface area contributed by atoms with Gasteiger partial charge in [0, 0.05) is 18.9 Å². The first kappa shape index (κ1) is 15.1. The van der Waals surface area contributed by atoms with Crippen molar-refractivity contribution in [3.05, 3.63) is 35.6 Å². The quantitative estimate of drug-likeness (QED) is 0.795. The Balaban J connectivity index is 2.27. The molecule has 4 nitrogen and oxygen atoms in total. The van der Waals surface area contributed by atoms with Gasteiger partial charge in [-0.2, -0.15) is 0 Å². The molecule has 1 atom stereocenters. The summed E-state index contributed by atoms with van der Waals surface area (Å²) in [6.07, 6.45) is 1.30. The van der Waals surface area contributed by atoms with Crippen LogP contribution in [0.3, 0.4) is 0 Å². The van der Waals surface area contributed by atoms with Gasteiger partial charge >= 0.3 is 5.97 Å². The number of hydrogen-bond donors (Lipinski definition) is 2. The first-order chi connectivity index (χ1) is 8.97. The molecule has 0 radical (unpaired) electrons. The minimum Gasteiger partial charge on any atom is -0.481 e. The number of carboxylic acids is 1. The predicted molar refractivity (Wildman–Crippen MR) is 69.2 cm³/mol. The van der Waals surface area contributed by atoms with Gasteiger partial charge in [-0.1, -0.05) is 12.1 Å². The molecular weight excluding hydrogens is 249 g/mol. The highest BCUT2D eigenvalue weighted by molar-refractivity contribution is 5.76. The van der Waals surface area contributed by atoms with E-state index in [1.165, 1.54) is 12.1 Å². The third-order valence-electron chi connectivity index (χ3n) is 2.75. The van der Waals surface area contributed by atoms with Crippen LogP contribution < -0.4 is 5.32 Å². The van der Waals surface area contributed by atoms with Crippen LogP contribution in [-0.4, -0.2) is 23.0 Å². The number of aliphatic carboxylic acids is 1. The van der Waals surface area contributed by atoms with Gasteiger partial charge in [0.05, 0.1) is 0 Å². The van der Waals surface area contributed by atoms with Crippen LogP contribution in [0.1, 0.15) is 31.7 Å². The molecule has 0 aliphatic carbocycles. The van der Waals surface area contributed by atoms with Gasteiger partial charge in [-0.05, 0) is 37.5 Å². The van der Waals surface area contributed by atoms with Gasteiger partial charge in [-0.3, -0.25) is 9.59 Å². The lowest BCUT2D eigenvalue weighted by Crippen LogP contribution is -2.33. The number of carbonyl (C=O) groups is 2. The number of carbonyl (C=O) groups excluding carboxylic acids is 1. The van der Waals surface area contributed by atoms with Gasteiger partial charge in [-0.25, -0.2) is 4.39 Å². The highest BCUT2D eigenvalue weighted by atomic mass is 19.1. The summed E-state index contributed by atoms with van der Waals surface area (Å²) in [7, 11) is 0. The zero-order chi connectivity index (χ0) is 14.3. The van der Waals surface area contributed by atoms with Gasteiger partial charge < -0.3 is 10.4 Å². The van der Waals surface area contributed by atoms with Gasteiger partial charge in [-0.15, -0.1) is 0 Å². The van der Waals surface area contributed by atoms with E-state index in [-0.39, 0.29) is 24.2 Å². The van der Waals surface area contributed by atoms with E-state index in [0.717, 1.165) is 5.56 Å². The van der Waals surface area contributed by atoms with Crippen LogP contribution in [0.25, 0.3) is 0 Å². The van der Waals surface area contributed by atoms with Gasteiger partial charge in [0.2, 0.25) is 5.91 Å². The van der Waals surface area contributed by atoms with E-state index < -0.39 is 5.97 Å². The molecule has 0 spiro atoms. The molecule has 0 saturated heterocycles. The fourth-order valence-corrected chi connectivity index (χ4v) is 1.67. The molecule has 0 fully saturated rings. The molecular formula is C14H18FNO3. The van der Waals surface area contributed by atoms with Gasteiger partial charge in [0.25, 0.3) is 0 Å². The maximum absolute atomic E-state index is 12.7. The van der Waals surface area contributed by atoms with Crippen molar-refractivity contribution in [2.75, 3.05) is 0 Å². The summed E-state index contributed by atoms with van der Waals surface area (Å²) in [4.78, 5) is 22.0. The number of hydrogen-bond acceptors (Lipinski definition) is 2. The van der Waals surface area contributed by atoms with Crippen LogP contribution >= 0.6 is 0 Å². The third kappa shape index (κ3) is 6.55. The lowest BCUT2D eigenvalue weighted by molar-refractivity contribution is -0.137. The van der Waals surface area contributed by atoms with E-state index in [9.17, 15) is 14.0 Å². The Hall–Kier alpha value is -1.91. The maximum atomic E-state index is 12.7. The highest BCUT2D eigenvalue weighted by Crippen LogP contribution is 2.06. The lowest BCUT2D eigenvalue weighted by atomic mass is 10.1. The van der Waals surface area contributed by atoms with Crippen LogP contribution in [0.5, 0.6) is 0 Å². The first-order valence-corrected chi connectivity index (χ1v) is 6.23. The Morgan fingerprint density at radius 3 is 2.47 bits per heavy atom. The fourth-order valence-electron chi connectivity index (χ4n) is 1.67. The second-order valence-electron chi connectivity index (χ2n) is 4.53. The molecule has 0 heterocycles. The first-order valence-electron chi connectivity index (χ1n) is 6.23. The lowest BCUT2D eigenvalue weighted by Gasteiger charge is -2.12. The minimum atomic E-state index is -0.868. The van der Waals surface area contributed by atoms with E-state index in [1.54, 1.807) is 19.1 Å². The fraction of sp³-hybridized carbons (Fsp3) is 0.429. The average Bonchev–Trinajstić information content (AvgIpc) is 2.36. The van der Waals surface area contributed by atoms with Crippen molar-refractivity contribution in [3.63, 3.8) is 0 Å². The molecule has 1 aromatic rings. The molecule has 0 bridgehead atoms. The normalized spacial score (nSPS) is 11.9. The monoisotopic (exact) mass is 267 g/mol. The SMILES string of the molecule is CC(CCC(=O)O)NC(=O)CCc1ccc(F)cc1. The van der Waals surface area contributed by atoms with Crippen molar-refractivity contribution >= 4 is 11.9 Å². The Labute approximate surface area is 111 Å². The van der Waals surface area contributed by atoms with Crippen molar-refractivity contribution in [2.24, 2.45) is 0 Å². The van der Waals surface area contributed by atoms with Crippen LogP contribution in [0.15, 0.2) is 24.3 Å². The molecule has 2 N–H and O–H groups in total. The molecule has 1 rings (SSSR count). The Morgan fingerprint density at radius 1 is 1.26 bits per heavy atom. The number of nitrogens with one attached hydrogen (secondary N) is 1. The molecule has 1 unspecified atom stereocenters. The van der Waals surface area contributed by atoms with Crippen LogP contribution in [-0.2, 0) is 16.0 Å². The largest absolute Gasteiger partial charge is 0.481 e. The van der Waals surface area contributed by atoms with E-state index in [1.807, 2.05) is 0 Å². The molecule has 0 aliphatic heterocycles. The zero-order valence-electron chi connectivity index (χ0n) is 10.9. The molecule has 1 amide bonds. The number of halogens is 1. The van der Waals surface area contributed by atoms with Crippen molar-refractivity contribution in [2.45, 2.75) is 38.6 Å². The summed E-state index contributed by atoms with van der Waals surface area (Å²) in [6.45, 7) is 1.78. The Kier molecular flexibility index (Phi) is 5.99. The van der Waals surface area contributed by atoms with Crippen molar-refractivity contribution in [1.82, 2.24) is 5.32 Å². The molecule has 0 aliphatic rings. The number of aryl methyl sites for hydroxylation is 1. The topological polar surface area (TPSA) is 66.4 Å². The summed E-state index contributed by atoms with van der Waals surface area (Å²) >= 11 is 0. The minimum absolute atomic E-state index is 0.0411. The molecule has 1 aromatic carbocycles. The van der Waals surface area contributed by atoms with Crippen LogP contribution in [0, 0.1) is 5.82 Å². The third-order valence-corrected chi connectivity index (χ3v) is 2.75. The predicted octanol–water partition coefficient (Wildman–Crippen LogP) is 2.13. The number of rotatable bonds is 7. The molecule has 104 valence electrons. The van der Waals surface area contributed by atoms with Crippen LogP contribution in [0.2, 0.25) is 0 Å². The second kappa shape index (κ2) is 7.51. The van der Waals surface area contributed by atoms with E-state index in [4.69, 9.17) is 5.11 Å². The van der Waals surface area contributed by atoms with E-state index in [0.29, 0.717) is 19.3 Å². The van der Waals surface area contributed by atoms with Crippen molar-refractivity contribution in [3.8, 4) is 0 Å².